The number of carbonyl (C=O) groups is 1. The van der Waals surface area contributed by atoms with Crippen molar-refractivity contribution >= 4 is 5.97 Å². The molecule has 1 fully saturated rings. The van der Waals surface area contributed by atoms with Crippen molar-refractivity contribution in [3.8, 4) is 0 Å². The molecule has 1 unspecified atom stereocenters. The molecular weight excluding hydrogens is 553 g/mol. The normalized spacial score (nSPS) is 18.6. The molecule has 244 valence electrons. The Kier molecular flexibility index (Phi) is 21.1. The summed E-state index contributed by atoms with van der Waals surface area (Å²) in [6.45, 7) is 17.5. The third-order valence-corrected chi connectivity index (χ3v) is 6.90. The van der Waals surface area contributed by atoms with Crippen LogP contribution in [0.5, 0.6) is 0 Å². The van der Waals surface area contributed by atoms with Crippen LogP contribution >= 0.6 is 0 Å². The van der Waals surface area contributed by atoms with Crippen LogP contribution < -0.4 is 0 Å². The van der Waals surface area contributed by atoms with Crippen LogP contribution in [0.25, 0.3) is 0 Å². The number of allylic oxidation sites excluding steroid dienone is 10. The maximum atomic E-state index is 13.0. The lowest BCUT2D eigenvalue weighted by Crippen LogP contribution is -2.34. The first-order valence-electron chi connectivity index (χ1n) is 16.1. The Hall–Kier alpha value is -3.38. The Balaban J connectivity index is 0.000000493. The lowest BCUT2D eigenvalue weighted by Gasteiger charge is -2.34. The van der Waals surface area contributed by atoms with E-state index in [-0.39, 0.29) is 17.9 Å². The van der Waals surface area contributed by atoms with Gasteiger partial charge >= 0.3 is 5.97 Å². The number of piperidine rings is 1. The minimum atomic E-state index is -0.303. The van der Waals surface area contributed by atoms with Gasteiger partial charge in [0.15, 0.2) is 0 Å². The van der Waals surface area contributed by atoms with Gasteiger partial charge in [-0.2, -0.15) is 0 Å². The summed E-state index contributed by atoms with van der Waals surface area (Å²) >= 11 is 0. The number of halogens is 1. The van der Waals surface area contributed by atoms with Gasteiger partial charge in [0.1, 0.15) is 18.2 Å². The first-order chi connectivity index (χ1) is 21.3. The topological polar surface area (TPSA) is 48.0 Å². The molecule has 1 aliphatic carbocycles. The summed E-state index contributed by atoms with van der Waals surface area (Å²) in [6.07, 6.45) is 30.3. The van der Waals surface area contributed by atoms with Gasteiger partial charge in [0.05, 0.1) is 25.4 Å². The number of likely N-dealkylation sites (tertiary alicyclic amines) is 1. The van der Waals surface area contributed by atoms with Crippen LogP contribution in [0.4, 0.5) is 4.39 Å². The number of hydrogen-bond donors (Lipinski definition) is 0. The van der Waals surface area contributed by atoms with Crippen LogP contribution in [0.3, 0.4) is 0 Å². The Morgan fingerprint density at radius 3 is 2.43 bits per heavy atom. The third-order valence-electron chi connectivity index (χ3n) is 6.90. The highest BCUT2D eigenvalue weighted by molar-refractivity contribution is 5.91. The molecule has 1 saturated heterocycles. The van der Waals surface area contributed by atoms with Gasteiger partial charge in [-0.1, -0.05) is 71.6 Å². The lowest BCUT2D eigenvalue weighted by atomic mass is 9.97. The number of esters is 1. The van der Waals surface area contributed by atoms with Crippen molar-refractivity contribution in [1.82, 2.24) is 4.90 Å². The molecule has 1 atom stereocenters. The number of ether oxygens (including phenoxy) is 3. The average molecular weight is 610 g/mol. The average Bonchev–Trinajstić information content (AvgIpc) is 3.03. The molecule has 2 aliphatic rings. The van der Waals surface area contributed by atoms with Crippen LogP contribution in [0.1, 0.15) is 73.1 Å². The molecule has 1 heterocycles. The largest absolute Gasteiger partial charge is 0.490 e. The van der Waals surface area contributed by atoms with E-state index in [1.807, 2.05) is 43.4 Å². The minimum Gasteiger partial charge on any atom is -0.490 e. The second-order valence-electron chi connectivity index (χ2n) is 11.0. The van der Waals surface area contributed by atoms with E-state index in [4.69, 9.17) is 14.2 Å². The monoisotopic (exact) mass is 609 g/mol. The summed E-state index contributed by atoms with van der Waals surface area (Å²) < 4.78 is 29.3. The summed E-state index contributed by atoms with van der Waals surface area (Å²) in [4.78, 5) is 14.0. The molecule has 0 bridgehead atoms. The van der Waals surface area contributed by atoms with Crippen molar-refractivity contribution in [2.45, 2.75) is 79.2 Å². The summed E-state index contributed by atoms with van der Waals surface area (Å²) in [7, 11) is 1.40. The van der Waals surface area contributed by atoms with Crippen molar-refractivity contribution in [1.29, 1.82) is 0 Å². The molecule has 6 heteroatoms. The highest BCUT2D eigenvalue weighted by atomic mass is 19.1. The molecule has 44 heavy (non-hydrogen) atoms. The zero-order valence-corrected chi connectivity index (χ0v) is 28.0. The van der Waals surface area contributed by atoms with Gasteiger partial charge in [0.2, 0.25) is 0 Å². The van der Waals surface area contributed by atoms with E-state index in [9.17, 15) is 9.18 Å². The predicted molar refractivity (Wildman–Crippen MR) is 183 cm³/mol. The molecule has 2 rings (SSSR count). The summed E-state index contributed by atoms with van der Waals surface area (Å²) in [5.74, 6) is 1.45. The molecule has 0 amide bonds. The van der Waals surface area contributed by atoms with E-state index in [1.165, 1.54) is 25.0 Å². The molecule has 0 radical (unpaired) electrons. The quantitative estimate of drug-likeness (QED) is 0.0991. The number of carbonyl (C=O) groups excluding carboxylic acids is 1. The van der Waals surface area contributed by atoms with Crippen molar-refractivity contribution in [2.75, 3.05) is 33.4 Å². The summed E-state index contributed by atoms with van der Waals surface area (Å²) in [5.41, 5.74) is 1.77. The maximum absolute atomic E-state index is 13.0. The molecular formula is C38H56FNO4. The smallest absolute Gasteiger partial charge is 0.337 e. The standard InChI is InChI=1S/C23H33NO3.C15H23FO/c1-5-21(10-6-8-18(2)3)24-14-12-19(13-15-24)17-27-22-11-7-9-20(16-22)23(25)26-4;1-4-7-12-15(10-6-3)17-13-8-11-14(16)9-5-2/h5-10,16,18-19,22H,1,11-15,17H2,2-4H3;7-12H,4-6,13H2,1-3H3/b8-6+,21-10+;11-8-,12-7-,14-9+,15-10+. The fourth-order valence-electron chi connectivity index (χ4n) is 4.50. The Labute approximate surface area is 266 Å². The number of hydrogen-bond acceptors (Lipinski definition) is 5. The fourth-order valence-corrected chi connectivity index (χ4v) is 4.50. The predicted octanol–water partition coefficient (Wildman–Crippen LogP) is 9.51. The zero-order valence-electron chi connectivity index (χ0n) is 28.0. The Morgan fingerprint density at radius 1 is 1.09 bits per heavy atom. The second-order valence-corrected chi connectivity index (χ2v) is 11.0. The number of methoxy groups -OCH3 is 1. The molecule has 0 spiro atoms. The van der Waals surface area contributed by atoms with Gasteiger partial charge < -0.3 is 19.1 Å². The third kappa shape index (κ3) is 17.0. The van der Waals surface area contributed by atoms with Gasteiger partial charge in [-0.25, -0.2) is 9.18 Å². The van der Waals surface area contributed by atoms with Crippen LogP contribution in [-0.4, -0.2) is 50.4 Å². The first-order valence-corrected chi connectivity index (χ1v) is 16.1. The molecule has 1 aliphatic heterocycles. The van der Waals surface area contributed by atoms with E-state index in [1.54, 1.807) is 12.2 Å². The molecule has 0 aromatic carbocycles. The van der Waals surface area contributed by atoms with Crippen molar-refractivity contribution in [2.24, 2.45) is 11.8 Å². The second kappa shape index (κ2) is 24.0. The fraction of sp³-hybridized carbons (Fsp3) is 0.500. The summed E-state index contributed by atoms with van der Waals surface area (Å²) in [5, 5.41) is 0. The number of nitrogens with zero attached hydrogens (tertiary/aromatic N) is 1. The van der Waals surface area contributed by atoms with E-state index in [0.29, 0.717) is 30.4 Å². The highest BCUT2D eigenvalue weighted by Crippen LogP contribution is 2.23. The van der Waals surface area contributed by atoms with Crippen LogP contribution in [-0.2, 0) is 19.0 Å². The zero-order chi connectivity index (χ0) is 32.6. The van der Waals surface area contributed by atoms with Gasteiger partial charge in [0, 0.05) is 18.8 Å². The van der Waals surface area contributed by atoms with Gasteiger partial charge in [-0.05, 0) is 99.0 Å². The first kappa shape index (κ1) is 38.6. The molecule has 0 aromatic rings. The maximum Gasteiger partial charge on any atom is 0.337 e. The van der Waals surface area contributed by atoms with E-state index in [0.717, 1.165) is 57.6 Å². The molecule has 5 nitrogen and oxygen atoms in total. The summed E-state index contributed by atoms with van der Waals surface area (Å²) in [6, 6.07) is 0. The Morgan fingerprint density at radius 2 is 1.82 bits per heavy atom. The van der Waals surface area contributed by atoms with Gasteiger partial charge in [0.25, 0.3) is 0 Å². The highest BCUT2D eigenvalue weighted by Gasteiger charge is 2.22. The molecule has 0 saturated carbocycles. The van der Waals surface area contributed by atoms with E-state index < -0.39 is 0 Å². The van der Waals surface area contributed by atoms with Crippen molar-refractivity contribution in [3.63, 3.8) is 0 Å². The van der Waals surface area contributed by atoms with E-state index >= 15 is 0 Å². The van der Waals surface area contributed by atoms with E-state index in [2.05, 4.69) is 57.4 Å². The Bertz CT molecular complexity index is 1080. The van der Waals surface area contributed by atoms with Crippen LogP contribution in [0.15, 0.2) is 108 Å². The molecule has 0 aromatic heterocycles. The minimum absolute atomic E-state index is 0.0352. The number of rotatable bonds is 16. The van der Waals surface area contributed by atoms with Gasteiger partial charge in [-0.15, -0.1) is 0 Å². The SMILES string of the molecule is C=C/C(=C\C=C\C(C)C)N1CCC(COC2C=C(C(=O)OC)C=CC2)CC1.CC/C=C\C(=C/CC)OC/C=C\C(F)=C/CC. The van der Waals surface area contributed by atoms with Gasteiger partial charge in [-0.3, -0.25) is 0 Å². The van der Waals surface area contributed by atoms with Crippen LogP contribution in [0, 0.1) is 11.8 Å². The van der Waals surface area contributed by atoms with Crippen LogP contribution in [0.2, 0.25) is 0 Å². The molecule has 0 N–H and O–H groups in total. The van der Waals surface area contributed by atoms with Crippen molar-refractivity contribution in [3.05, 3.63) is 108 Å². The lowest BCUT2D eigenvalue weighted by molar-refractivity contribution is -0.135. The van der Waals surface area contributed by atoms with Crippen molar-refractivity contribution < 1.29 is 23.4 Å².